The van der Waals surface area contributed by atoms with Crippen LogP contribution in [0.4, 0.5) is 11.4 Å². The third-order valence-electron chi connectivity index (χ3n) is 7.47. The normalized spacial score (nSPS) is 22.0. The van der Waals surface area contributed by atoms with Crippen molar-refractivity contribution < 1.29 is 14.7 Å². The van der Waals surface area contributed by atoms with E-state index in [1.54, 1.807) is 0 Å². The number of nitrogens with zero attached hydrogens (tertiary/aromatic N) is 1. The fourth-order valence-corrected chi connectivity index (χ4v) is 5.38. The van der Waals surface area contributed by atoms with Crippen LogP contribution >= 0.6 is 0 Å². The van der Waals surface area contributed by atoms with Gasteiger partial charge in [0.15, 0.2) is 0 Å². The van der Waals surface area contributed by atoms with E-state index in [1.807, 2.05) is 59.5 Å². The molecule has 1 saturated carbocycles. The number of carbonyl (C=O) groups is 2. The van der Waals surface area contributed by atoms with Crippen LogP contribution in [0.2, 0.25) is 0 Å². The molecule has 1 aliphatic heterocycles. The van der Waals surface area contributed by atoms with E-state index in [-0.39, 0.29) is 17.9 Å². The second-order valence-corrected chi connectivity index (χ2v) is 10.2. The van der Waals surface area contributed by atoms with Gasteiger partial charge in [-0.1, -0.05) is 37.3 Å². The number of carboxylic acid groups (broad SMARTS) is 1. The Morgan fingerprint density at radius 3 is 2.27 bits per heavy atom. The Morgan fingerprint density at radius 2 is 1.62 bits per heavy atom. The Bertz CT molecular complexity index is 1050. The molecule has 1 aliphatic carbocycles. The van der Waals surface area contributed by atoms with Gasteiger partial charge in [-0.15, -0.1) is 0 Å². The molecule has 0 bridgehead atoms. The van der Waals surface area contributed by atoms with Gasteiger partial charge in [-0.25, -0.2) is 0 Å². The standard InChI is InChI=1S/C30H40N4O3/c1-2-7-28(32-25-8-4-3-5-9-25)33-26-15-11-22(12-16-26)20-29(35)34-19-6-10-27(34)21-31-24-17-13-23(14-18-24)30(36)37/h3-5,7-9,11-12,15-16,23-24,27,31-33H,2,6,10,13-14,17-21H2,1H3,(H,36,37)/b28-7+. The quantitative estimate of drug-likeness (QED) is 0.335. The van der Waals surface area contributed by atoms with Gasteiger partial charge in [0.05, 0.1) is 12.3 Å². The maximum Gasteiger partial charge on any atom is 0.306 e. The summed E-state index contributed by atoms with van der Waals surface area (Å²) in [6, 6.07) is 18.7. The zero-order valence-electron chi connectivity index (χ0n) is 21.8. The number of allylic oxidation sites excluding steroid dienone is 1. The molecule has 1 unspecified atom stereocenters. The number of amides is 1. The summed E-state index contributed by atoms with van der Waals surface area (Å²) in [6.45, 7) is 3.71. The van der Waals surface area contributed by atoms with Crippen LogP contribution in [0.5, 0.6) is 0 Å². The summed E-state index contributed by atoms with van der Waals surface area (Å²) in [5.74, 6) is 0.244. The van der Waals surface area contributed by atoms with E-state index in [9.17, 15) is 14.7 Å². The molecule has 7 heteroatoms. The highest BCUT2D eigenvalue weighted by Crippen LogP contribution is 2.25. The average Bonchev–Trinajstić information content (AvgIpc) is 3.38. The molecule has 1 heterocycles. The van der Waals surface area contributed by atoms with Crippen molar-refractivity contribution >= 4 is 23.3 Å². The lowest BCUT2D eigenvalue weighted by Gasteiger charge is -2.30. The molecular formula is C30H40N4O3. The molecule has 0 radical (unpaired) electrons. The molecule has 4 N–H and O–H groups in total. The number of nitrogens with one attached hydrogen (secondary N) is 3. The fourth-order valence-electron chi connectivity index (χ4n) is 5.38. The first-order valence-electron chi connectivity index (χ1n) is 13.7. The van der Waals surface area contributed by atoms with Crippen LogP contribution in [0, 0.1) is 5.92 Å². The number of hydrogen-bond donors (Lipinski definition) is 4. The molecule has 2 aliphatic rings. The van der Waals surface area contributed by atoms with E-state index in [4.69, 9.17) is 0 Å². The van der Waals surface area contributed by atoms with Gasteiger partial charge in [0.1, 0.15) is 5.82 Å². The summed E-state index contributed by atoms with van der Waals surface area (Å²) in [5.41, 5.74) is 3.01. The number of para-hydroxylation sites is 1. The first kappa shape index (κ1) is 26.7. The molecule has 1 saturated heterocycles. The maximum absolute atomic E-state index is 13.1. The summed E-state index contributed by atoms with van der Waals surface area (Å²) < 4.78 is 0. The van der Waals surface area contributed by atoms with Crippen molar-refractivity contribution in [3.8, 4) is 0 Å². The van der Waals surface area contributed by atoms with Crippen molar-refractivity contribution in [1.82, 2.24) is 10.2 Å². The van der Waals surface area contributed by atoms with Gasteiger partial charge in [-0.05, 0) is 80.9 Å². The SMILES string of the molecule is CC/C=C(\Nc1ccccc1)Nc1ccc(CC(=O)N2CCCC2CNC2CCC(C(=O)O)CC2)cc1. The minimum absolute atomic E-state index is 0.178. The Morgan fingerprint density at radius 1 is 0.946 bits per heavy atom. The molecular weight excluding hydrogens is 464 g/mol. The molecule has 198 valence electrons. The number of likely N-dealkylation sites (tertiary alicyclic amines) is 1. The largest absolute Gasteiger partial charge is 0.481 e. The van der Waals surface area contributed by atoms with Crippen molar-refractivity contribution in [2.45, 2.75) is 70.4 Å². The lowest BCUT2D eigenvalue weighted by atomic mass is 9.86. The van der Waals surface area contributed by atoms with Crippen molar-refractivity contribution in [3.63, 3.8) is 0 Å². The van der Waals surface area contributed by atoms with Gasteiger partial charge in [0.25, 0.3) is 0 Å². The number of aliphatic carboxylic acids is 1. The lowest BCUT2D eigenvalue weighted by Crippen LogP contribution is -2.45. The van der Waals surface area contributed by atoms with Crippen LogP contribution in [-0.2, 0) is 16.0 Å². The third-order valence-corrected chi connectivity index (χ3v) is 7.47. The number of carboxylic acids is 1. The Balaban J connectivity index is 1.26. The van der Waals surface area contributed by atoms with E-state index < -0.39 is 5.97 Å². The molecule has 4 rings (SSSR count). The highest BCUT2D eigenvalue weighted by molar-refractivity contribution is 5.79. The van der Waals surface area contributed by atoms with Crippen molar-refractivity contribution in [3.05, 3.63) is 72.1 Å². The summed E-state index contributed by atoms with van der Waals surface area (Å²) >= 11 is 0. The van der Waals surface area contributed by atoms with Crippen LogP contribution in [0.3, 0.4) is 0 Å². The van der Waals surface area contributed by atoms with Crippen LogP contribution in [0.1, 0.15) is 57.4 Å². The number of hydrogen-bond acceptors (Lipinski definition) is 5. The van der Waals surface area contributed by atoms with Crippen LogP contribution in [-0.4, -0.2) is 47.1 Å². The molecule has 2 fully saturated rings. The summed E-state index contributed by atoms with van der Waals surface area (Å²) in [7, 11) is 0. The molecule has 0 aromatic heterocycles. The average molecular weight is 505 g/mol. The highest BCUT2D eigenvalue weighted by atomic mass is 16.4. The summed E-state index contributed by atoms with van der Waals surface area (Å²) in [5, 5.41) is 19.7. The topological polar surface area (TPSA) is 93.7 Å². The van der Waals surface area contributed by atoms with E-state index in [2.05, 4.69) is 29.0 Å². The Hall–Kier alpha value is -3.32. The number of benzene rings is 2. The second kappa shape index (κ2) is 13.3. The van der Waals surface area contributed by atoms with Crippen molar-refractivity contribution in [1.29, 1.82) is 0 Å². The first-order valence-corrected chi connectivity index (χ1v) is 13.7. The van der Waals surface area contributed by atoms with E-state index in [0.29, 0.717) is 12.5 Å². The zero-order valence-corrected chi connectivity index (χ0v) is 21.8. The molecule has 0 spiro atoms. The van der Waals surface area contributed by atoms with Crippen LogP contribution < -0.4 is 16.0 Å². The van der Waals surface area contributed by atoms with Gasteiger partial charge < -0.3 is 26.0 Å². The Kier molecular flexibility index (Phi) is 9.60. The van der Waals surface area contributed by atoms with Crippen molar-refractivity contribution in [2.24, 2.45) is 5.92 Å². The van der Waals surface area contributed by atoms with Gasteiger partial charge >= 0.3 is 5.97 Å². The number of anilines is 2. The highest BCUT2D eigenvalue weighted by Gasteiger charge is 2.30. The van der Waals surface area contributed by atoms with Gasteiger partial charge in [0, 0.05) is 36.5 Å². The molecule has 1 amide bonds. The van der Waals surface area contributed by atoms with Gasteiger partial charge in [-0.2, -0.15) is 0 Å². The minimum Gasteiger partial charge on any atom is -0.481 e. The predicted octanol–water partition coefficient (Wildman–Crippen LogP) is 5.23. The maximum atomic E-state index is 13.1. The molecule has 1 atom stereocenters. The number of carbonyl (C=O) groups excluding carboxylic acids is 1. The minimum atomic E-state index is -0.670. The molecule has 7 nitrogen and oxygen atoms in total. The smallest absolute Gasteiger partial charge is 0.306 e. The zero-order chi connectivity index (χ0) is 26.0. The summed E-state index contributed by atoms with van der Waals surface area (Å²) in [4.78, 5) is 26.4. The molecule has 2 aromatic carbocycles. The molecule has 37 heavy (non-hydrogen) atoms. The van der Waals surface area contributed by atoms with Gasteiger partial charge in [0.2, 0.25) is 5.91 Å². The Labute approximate surface area is 220 Å². The predicted molar refractivity (Wildman–Crippen MR) is 148 cm³/mol. The monoisotopic (exact) mass is 504 g/mol. The molecule has 2 aromatic rings. The van der Waals surface area contributed by atoms with Gasteiger partial charge in [-0.3, -0.25) is 9.59 Å². The van der Waals surface area contributed by atoms with Crippen LogP contribution in [0.15, 0.2) is 66.5 Å². The third kappa shape index (κ3) is 7.83. The van der Waals surface area contributed by atoms with Crippen molar-refractivity contribution in [2.75, 3.05) is 23.7 Å². The first-order chi connectivity index (χ1) is 18.0. The van der Waals surface area contributed by atoms with E-state index >= 15 is 0 Å². The second-order valence-electron chi connectivity index (χ2n) is 10.2. The summed E-state index contributed by atoms with van der Waals surface area (Å²) in [6.07, 6.45) is 8.75. The van der Waals surface area contributed by atoms with Crippen LogP contribution in [0.25, 0.3) is 0 Å². The van der Waals surface area contributed by atoms with E-state index in [0.717, 1.165) is 80.8 Å². The van der Waals surface area contributed by atoms with E-state index in [1.165, 1.54) is 0 Å². The fraction of sp³-hybridized carbons (Fsp3) is 0.467. The lowest BCUT2D eigenvalue weighted by molar-refractivity contribution is -0.143. The number of rotatable bonds is 11.